The van der Waals surface area contributed by atoms with Crippen LogP contribution < -0.4 is 4.65 Å². The van der Waals surface area contributed by atoms with Crippen molar-refractivity contribution < 1.29 is 17.9 Å². The van der Waals surface area contributed by atoms with E-state index < -0.39 is 26.7 Å². The Kier molecular flexibility index (Phi) is 6.05. The summed E-state index contributed by atoms with van der Waals surface area (Å²) in [5.41, 5.74) is 0.226. The summed E-state index contributed by atoms with van der Waals surface area (Å²) >= 11 is 0.734. The number of nitrogens with zero attached hydrogens (tertiary/aromatic N) is 5. The molecule has 12 heteroatoms. The molecule has 2 aromatic rings. The number of hydrogen-bond acceptors (Lipinski definition) is 10. The minimum Gasteiger partial charge on any atom is -0.622 e. The van der Waals surface area contributed by atoms with Gasteiger partial charge in [0, 0.05) is 12.4 Å². The third kappa shape index (κ3) is 4.20. The summed E-state index contributed by atoms with van der Waals surface area (Å²) in [6, 6.07) is 3.13. The van der Waals surface area contributed by atoms with Crippen LogP contribution in [0.25, 0.3) is 0 Å². The molecule has 0 radical (unpaired) electrons. The van der Waals surface area contributed by atoms with E-state index in [0.29, 0.717) is 6.42 Å². The van der Waals surface area contributed by atoms with E-state index in [-0.39, 0.29) is 34.0 Å². The van der Waals surface area contributed by atoms with Crippen LogP contribution in [0.4, 0.5) is 5.13 Å². The van der Waals surface area contributed by atoms with Gasteiger partial charge in [-0.1, -0.05) is 18.4 Å². The second-order valence-electron chi connectivity index (χ2n) is 6.60. The first-order valence-electron chi connectivity index (χ1n) is 8.71. The number of carbonyl (C=O) groups excluding carboxylic acids is 1. The van der Waals surface area contributed by atoms with E-state index in [0.717, 1.165) is 17.8 Å². The topological polar surface area (TPSA) is 125 Å². The number of carbonyl (C=O) groups is 1. The zero-order valence-corrected chi connectivity index (χ0v) is 17.1. The Labute approximate surface area is 166 Å². The number of likely N-dealkylation sites (N-methyl/N-ethyl adjacent to an activating group) is 1. The lowest BCUT2D eigenvalue weighted by molar-refractivity contribution is 0.00555. The molecule has 3 rings (SSSR count). The average molecular weight is 428 g/mol. The molecule has 152 valence electrons. The van der Waals surface area contributed by atoms with Crippen LogP contribution in [0.2, 0.25) is 0 Å². The van der Waals surface area contributed by atoms with Gasteiger partial charge in [0.15, 0.2) is 0 Å². The van der Waals surface area contributed by atoms with E-state index in [9.17, 15) is 18.4 Å². The number of rotatable bonds is 7. The van der Waals surface area contributed by atoms with Gasteiger partial charge in [0.2, 0.25) is 14.2 Å². The van der Waals surface area contributed by atoms with Crippen molar-refractivity contribution in [3.63, 3.8) is 0 Å². The Morgan fingerprint density at radius 2 is 2.25 bits per heavy atom. The molecule has 0 saturated carbocycles. The summed E-state index contributed by atoms with van der Waals surface area (Å²) in [5.74, 6) is -0.719. The highest BCUT2D eigenvalue weighted by Crippen LogP contribution is 2.35. The first-order chi connectivity index (χ1) is 13.3. The number of ether oxygens (including phenoxy) is 1. The molecule has 0 aromatic carbocycles. The molecule has 2 aromatic heterocycles. The quantitative estimate of drug-likeness (QED) is 0.366. The van der Waals surface area contributed by atoms with Crippen molar-refractivity contribution in [2.45, 2.75) is 30.3 Å². The van der Waals surface area contributed by atoms with Crippen molar-refractivity contribution in [3.05, 3.63) is 35.3 Å². The van der Waals surface area contributed by atoms with Gasteiger partial charge in [-0.2, -0.15) is 0 Å². The highest BCUT2D eigenvalue weighted by atomic mass is 32.2. The Bertz CT molecular complexity index is 936. The van der Waals surface area contributed by atoms with Crippen LogP contribution in [-0.2, 0) is 14.6 Å². The van der Waals surface area contributed by atoms with Gasteiger partial charge in [0.1, 0.15) is 6.67 Å². The molecule has 1 saturated heterocycles. The minimum absolute atomic E-state index is 0.0331. The normalized spacial score (nSPS) is 23.0. The van der Waals surface area contributed by atoms with Crippen molar-refractivity contribution >= 4 is 32.3 Å². The van der Waals surface area contributed by atoms with Gasteiger partial charge in [0.25, 0.3) is 6.23 Å². The van der Waals surface area contributed by atoms with Gasteiger partial charge < -0.3 is 9.94 Å². The van der Waals surface area contributed by atoms with Crippen LogP contribution in [0.3, 0.4) is 0 Å². The third-order valence-electron chi connectivity index (χ3n) is 4.28. The van der Waals surface area contributed by atoms with Crippen LogP contribution in [0, 0.1) is 5.21 Å². The molecule has 0 aliphatic carbocycles. The molecule has 0 spiro atoms. The van der Waals surface area contributed by atoms with E-state index in [1.807, 2.05) is 6.92 Å². The summed E-state index contributed by atoms with van der Waals surface area (Å²) in [5, 5.41) is 21.0. The van der Waals surface area contributed by atoms with Crippen molar-refractivity contribution in [1.29, 1.82) is 0 Å². The summed E-state index contributed by atoms with van der Waals surface area (Å²) in [6.07, 6.45) is 3.02. The monoisotopic (exact) mass is 427 g/mol. The SMILES string of the molecule is CCCCS(=O)(=O)c1nnc([N+]2([O-])CN(C)CC2OC(=O)c2cccnc2)s1. The number of aromatic nitrogens is 3. The molecule has 3 heterocycles. The number of hydroxylamine groups is 2. The Hall–Kier alpha value is -1.99. The Morgan fingerprint density at radius 1 is 1.46 bits per heavy atom. The second kappa shape index (κ2) is 8.17. The van der Waals surface area contributed by atoms with Crippen LogP contribution in [0.5, 0.6) is 0 Å². The standard InChI is InChI=1S/C16H21N5O5S2/c1-3-4-8-28(24,25)16-19-18-15(27-16)21(23)11-20(2)10-13(21)26-14(22)12-6-5-7-17-9-12/h5-7,9,13H,3-4,8,10-11H2,1-2H3. The van der Waals surface area contributed by atoms with Gasteiger partial charge >= 0.3 is 11.1 Å². The first kappa shape index (κ1) is 20.7. The van der Waals surface area contributed by atoms with Crippen molar-refractivity contribution in [1.82, 2.24) is 24.7 Å². The molecule has 2 atom stereocenters. The van der Waals surface area contributed by atoms with Crippen molar-refractivity contribution in [2.75, 3.05) is 26.0 Å². The van der Waals surface area contributed by atoms with E-state index in [1.165, 1.54) is 18.5 Å². The van der Waals surface area contributed by atoms with Gasteiger partial charge in [-0.3, -0.25) is 9.63 Å². The molecule has 1 aliphatic rings. The van der Waals surface area contributed by atoms with E-state index >= 15 is 0 Å². The molecule has 10 nitrogen and oxygen atoms in total. The number of pyridine rings is 1. The number of sulfone groups is 1. The number of hydrogen-bond donors (Lipinski definition) is 0. The summed E-state index contributed by atoms with van der Waals surface area (Å²) < 4.78 is 28.8. The molecule has 28 heavy (non-hydrogen) atoms. The van der Waals surface area contributed by atoms with E-state index in [1.54, 1.807) is 18.0 Å². The highest BCUT2D eigenvalue weighted by Gasteiger charge is 2.46. The smallest absolute Gasteiger partial charge is 0.344 e. The minimum atomic E-state index is -3.59. The fourth-order valence-corrected chi connectivity index (χ4v) is 5.43. The molecule has 2 unspecified atom stereocenters. The Morgan fingerprint density at radius 3 is 2.93 bits per heavy atom. The lowest BCUT2D eigenvalue weighted by Crippen LogP contribution is -2.50. The molecule has 1 fully saturated rings. The van der Waals surface area contributed by atoms with Crippen LogP contribution in [0.1, 0.15) is 30.1 Å². The van der Waals surface area contributed by atoms with Gasteiger partial charge in [0.05, 0.1) is 17.9 Å². The highest BCUT2D eigenvalue weighted by molar-refractivity contribution is 7.93. The van der Waals surface area contributed by atoms with E-state index in [2.05, 4.69) is 15.2 Å². The molecule has 1 aliphatic heterocycles. The zero-order chi connectivity index (χ0) is 20.4. The predicted octanol–water partition coefficient (Wildman–Crippen LogP) is 1.40. The van der Waals surface area contributed by atoms with Crippen LogP contribution in [0.15, 0.2) is 28.9 Å². The molecular formula is C16H21N5O5S2. The lowest BCUT2D eigenvalue weighted by Gasteiger charge is -2.38. The molecular weight excluding hydrogens is 406 g/mol. The Balaban J connectivity index is 1.84. The van der Waals surface area contributed by atoms with E-state index in [4.69, 9.17) is 4.74 Å². The van der Waals surface area contributed by atoms with Crippen LogP contribution in [-0.4, -0.2) is 66.7 Å². The predicted molar refractivity (Wildman–Crippen MR) is 103 cm³/mol. The number of unbranched alkanes of at least 4 members (excludes halogenated alkanes) is 1. The van der Waals surface area contributed by atoms with Gasteiger partial charge in [-0.05, 0) is 36.9 Å². The zero-order valence-electron chi connectivity index (χ0n) is 15.5. The average Bonchev–Trinajstić information content (AvgIpc) is 3.27. The third-order valence-corrected chi connectivity index (χ3v) is 7.56. The summed E-state index contributed by atoms with van der Waals surface area (Å²) in [6.45, 7) is 2.04. The summed E-state index contributed by atoms with van der Waals surface area (Å²) in [4.78, 5) is 17.9. The fourth-order valence-electron chi connectivity index (χ4n) is 2.79. The van der Waals surface area contributed by atoms with Gasteiger partial charge in [-0.25, -0.2) is 18.1 Å². The first-order valence-corrected chi connectivity index (χ1v) is 11.2. The maximum absolute atomic E-state index is 13.5. The van der Waals surface area contributed by atoms with Crippen molar-refractivity contribution in [3.8, 4) is 0 Å². The largest absolute Gasteiger partial charge is 0.622 e. The molecule has 0 bridgehead atoms. The maximum atomic E-state index is 13.5. The lowest BCUT2D eigenvalue weighted by atomic mass is 10.3. The maximum Gasteiger partial charge on any atom is 0.344 e. The number of quaternary nitrogens is 1. The van der Waals surface area contributed by atoms with Gasteiger partial charge in [-0.15, -0.1) is 5.10 Å². The van der Waals surface area contributed by atoms with Crippen LogP contribution >= 0.6 is 11.3 Å². The molecule has 0 N–H and O–H groups in total. The number of esters is 1. The fraction of sp³-hybridized carbons (Fsp3) is 0.500. The molecule has 0 amide bonds. The van der Waals surface area contributed by atoms with Crippen molar-refractivity contribution in [2.24, 2.45) is 0 Å². The summed E-state index contributed by atoms with van der Waals surface area (Å²) in [7, 11) is -1.88. The second-order valence-corrected chi connectivity index (χ2v) is 9.84.